The van der Waals surface area contributed by atoms with Crippen LogP contribution in [0.5, 0.6) is 5.75 Å². The molecule has 0 spiro atoms. The molecule has 0 radical (unpaired) electrons. The smallest absolute Gasteiger partial charge is 0.244 e. The number of carbonyl (C=O) groups excluding carboxylic acids is 3. The molecule has 29 heavy (non-hydrogen) atoms. The van der Waals surface area contributed by atoms with E-state index in [9.17, 15) is 14.4 Å². The van der Waals surface area contributed by atoms with Gasteiger partial charge in [-0.25, -0.2) is 4.90 Å². The standard InChI is InChI=1S/C23H20N2O4/c1-13(26)20-18-19(21-15-8-4-3-7-14(15)11-12-24(20)21)23(28)25(22(18)27)16-9-5-6-10-17(16)29-2/h3-12,18-21H,1-2H3/p+1/t18-,19+,20+,21-/m1/s1. The van der Waals surface area contributed by atoms with E-state index in [-0.39, 0.29) is 23.6 Å². The van der Waals surface area contributed by atoms with E-state index in [0.717, 1.165) is 16.0 Å². The van der Waals surface area contributed by atoms with Crippen LogP contribution < -0.4 is 14.5 Å². The largest absolute Gasteiger partial charge is 0.495 e. The Hall–Kier alpha value is -3.25. The Bertz CT molecular complexity index is 1080. The normalized spacial score (nSPS) is 29.4. The van der Waals surface area contributed by atoms with Crippen molar-refractivity contribution < 1.29 is 24.0 Å². The molecule has 5 atom stereocenters. The van der Waals surface area contributed by atoms with Crippen molar-refractivity contribution in [1.82, 2.24) is 0 Å². The van der Waals surface area contributed by atoms with Gasteiger partial charge in [-0.2, -0.15) is 0 Å². The van der Waals surface area contributed by atoms with Crippen LogP contribution in [0.15, 0.2) is 54.7 Å². The van der Waals surface area contributed by atoms with Crippen molar-refractivity contribution >= 4 is 29.4 Å². The molecule has 0 aliphatic carbocycles. The Labute approximate surface area is 168 Å². The highest BCUT2D eigenvalue weighted by atomic mass is 16.5. The van der Waals surface area contributed by atoms with Crippen LogP contribution in [0.1, 0.15) is 24.1 Å². The fourth-order valence-corrected chi connectivity index (χ4v) is 5.27. The monoisotopic (exact) mass is 389 g/mol. The fraction of sp³-hybridized carbons (Fsp3) is 0.261. The number of methoxy groups -OCH3 is 1. The average molecular weight is 389 g/mol. The summed E-state index contributed by atoms with van der Waals surface area (Å²) in [5, 5.41) is 0. The zero-order valence-corrected chi connectivity index (χ0v) is 16.2. The molecule has 3 aliphatic rings. The summed E-state index contributed by atoms with van der Waals surface area (Å²) in [5.74, 6) is -1.47. The summed E-state index contributed by atoms with van der Waals surface area (Å²) in [6.45, 7) is 1.51. The molecule has 1 N–H and O–H groups in total. The van der Waals surface area contributed by atoms with E-state index in [4.69, 9.17) is 4.74 Å². The van der Waals surface area contributed by atoms with Gasteiger partial charge in [0.15, 0.2) is 11.8 Å². The summed E-state index contributed by atoms with van der Waals surface area (Å²) in [6, 6.07) is 14.0. The number of fused-ring (bicyclic) bond motifs is 5. The molecule has 5 rings (SSSR count). The van der Waals surface area contributed by atoms with Crippen molar-refractivity contribution in [3.63, 3.8) is 0 Å². The number of anilines is 1. The number of amides is 2. The van der Waals surface area contributed by atoms with Gasteiger partial charge in [-0.15, -0.1) is 0 Å². The molecule has 1 unspecified atom stereocenters. The maximum Gasteiger partial charge on any atom is 0.244 e. The van der Waals surface area contributed by atoms with Gasteiger partial charge in [0.2, 0.25) is 11.8 Å². The maximum absolute atomic E-state index is 13.6. The van der Waals surface area contributed by atoms with Crippen LogP contribution in [0.25, 0.3) is 6.08 Å². The van der Waals surface area contributed by atoms with Crippen molar-refractivity contribution in [3.05, 3.63) is 65.9 Å². The minimum absolute atomic E-state index is 0.0791. The summed E-state index contributed by atoms with van der Waals surface area (Å²) in [7, 11) is 1.51. The number of quaternary nitrogens is 1. The molecule has 2 fully saturated rings. The maximum atomic E-state index is 13.6. The van der Waals surface area contributed by atoms with Crippen molar-refractivity contribution in [2.45, 2.75) is 19.0 Å². The SMILES string of the molecule is COc1ccccc1N1C(=O)[C@@H]2[C@H](C1=O)[C@H]1c3ccccc3C=C[NH+]1[C@H]2C(C)=O. The van der Waals surface area contributed by atoms with Crippen LogP contribution in [-0.4, -0.2) is 30.7 Å². The zero-order chi connectivity index (χ0) is 20.3. The van der Waals surface area contributed by atoms with Crippen molar-refractivity contribution in [2.75, 3.05) is 12.0 Å². The first-order valence-corrected chi connectivity index (χ1v) is 9.69. The Balaban J connectivity index is 1.66. The second kappa shape index (κ2) is 6.39. The summed E-state index contributed by atoms with van der Waals surface area (Å²) >= 11 is 0. The summed E-state index contributed by atoms with van der Waals surface area (Å²) < 4.78 is 5.38. The van der Waals surface area contributed by atoms with Gasteiger partial charge < -0.3 is 4.74 Å². The van der Waals surface area contributed by atoms with Gasteiger partial charge in [0.05, 0.1) is 19.0 Å². The number of hydrogen-bond donors (Lipinski definition) is 1. The van der Waals surface area contributed by atoms with Crippen molar-refractivity contribution in [3.8, 4) is 5.75 Å². The van der Waals surface area contributed by atoms with Gasteiger partial charge in [0.1, 0.15) is 23.6 Å². The minimum Gasteiger partial charge on any atom is -0.495 e. The van der Waals surface area contributed by atoms with Crippen LogP contribution in [0.3, 0.4) is 0 Å². The van der Waals surface area contributed by atoms with Gasteiger partial charge in [-0.05, 0) is 23.8 Å². The molecule has 6 heteroatoms. The number of hydrogen-bond acceptors (Lipinski definition) is 4. The predicted molar refractivity (Wildman–Crippen MR) is 106 cm³/mol. The number of ether oxygens (including phenoxy) is 1. The number of para-hydroxylation sites is 2. The number of benzene rings is 2. The van der Waals surface area contributed by atoms with Crippen LogP contribution in [0.4, 0.5) is 5.69 Å². The number of nitrogens with zero attached hydrogens (tertiary/aromatic N) is 1. The Morgan fingerprint density at radius 1 is 1.00 bits per heavy atom. The minimum atomic E-state index is -0.680. The number of imide groups is 1. The van der Waals surface area contributed by atoms with E-state index in [1.54, 1.807) is 24.3 Å². The van der Waals surface area contributed by atoms with Gasteiger partial charge in [0.25, 0.3) is 0 Å². The highest BCUT2D eigenvalue weighted by Crippen LogP contribution is 2.46. The summed E-state index contributed by atoms with van der Waals surface area (Å²) in [4.78, 5) is 41.8. The van der Waals surface area contributed by atoms with Gasteiger partial charge >= 0.3 is 0 Å². The summed E-state index contributed by atoms with van der Waals surface area (Å²) in [6.07, 6.45) is 3.91. The molecule has 3 heterocycles. The summed E-state index contributed by atoms with van der Waals surface area (Å²) in [5.41, 5.74) is 2.47. The molecule has 2 amide bonds. The average Bonchev–Trinajstić information content (AvgIpc) is 3.21. The van der Waals surface area contributed by atoms with Crippen LogP contribution in [0, 0.1) is 11.8 Å². The van der Waals surface area contributed by atoms with Crippen LogP contribution in [-0.2, 0) is 14.4 Å². The second-order valence-electron chi connectivity index (χ2n) is 7.76. The second-order valence-corrected chi connectivity index (χ2v) is 7.76. The van der Waals surface area contributed by atoms with E-state index >= 15 is 0 Å². The van der Waals surface area contributed by atoms with E-state index < -0.39 is 17.9 Å². The fourth-order valence-electron chi connectivity index (χ4n) is 5.27. The zero-order valence-electron chi connectivity index (χ0n) is 16.2. The lowest BCUT2D eigenvalue weighted by molar-refractivity contribution is -0.884. The Kier molecular flexibility index (Phi) is 3.93. The first kappa shape index (κ1) is 17.8. The third kappa shape index (κ3) is 2.36. The Morgan fingerprint density at radius 2 is 1.69 bits per heavy atom. The number of nitrogens with one attached hydrogen (secondary N) is 1. The highest BCUT2D eigenvalue weighted by Gasteiger charge is 2.67. The first-order valence-electron chi connectivity index (χ1n) is 9.69. The molecule has 2 aromatic rings. The van der Waals surface area contributed by atoms with E-state index in [2.05, 4.69) is 0 Å². The van der Waals surface area contributed by atoms with Gasteiger partial charge in [-0.1, -0.05) is 36.4 Å². The molecule has 146 valence electrons. The number of carbonyl (C=O) groups is 3. The van der Waals surface area contributed by atoms with Crippen molar-refractivity contribution in [1.29, 1.82) is 0 Å². The number of Topliss-reactive ketones (excluding diaryl/α,β-unsaturated/α-hetero) is 1. The first-order chi connectivity index (χ1) is 14.0. The van der Waals surface area contributed by atoms with Gasteiger partial charge in [-0.3, -0.25) is 19.3 Å². The quantitative estimate of drug-likeness (QED) is 0.806. The number of ketones is 1. The number of rotatable bonds is 3. The molecular weight excluding hydrogens is 368 g/mol. The van der Waals surface area contributed by atoms with Gasteiger partial charge in [0, 0.05) is 12.5 Å². The van der Waals surface area contributed by atoms with Crippen LogP contribution in [0.2, 0.25) is 0 Å². The molecule has 2 aromatic carbocycles. The van der Waals surface area contributed by atoms with E-state index in [1.165, 1.54) is 18.9 Å². The Morgan fingerprint density at radius 3 is 2.45 bits per heavy atom. The molecule has 0 aromatic heterocycles. The lowest BCUT2D eigenvalue weighted by atomic mass is 9.84. The highest BCUT2D eigenvalue weighted by molar-refractivity contribution is 6.24. The molecule has 6 nitrogen and oxygen atoms in total. The third-order valence-electron chi connectivity index (χ3n) is 6.38. The molecule has 3 aliphatic heterocycles. The lowest BCUT2D eigenvalue weighted by Crippen LogP contribution is -3.12. The lowest BCUT2D eigenvalue weighted by Gasteiger charge is -2.30. The molecule has 2 saturated heterocycles. The van der Waals surface area contributed by atoms with Crippen LogP contribution >= 0.6 is 0 Å². The molecule has 0 bridgehead atoms. The third-order valence-corrected chi connectivity index (χ3v) is 6.38. The van der Waals surface area contributed by atoms with E-state index in [1.807, 2.05) is 36.5 Å². The topological polar surface area (TPSA) is 68.1 Å². The molecule has 0 saturated carbocycles. The van der Waals surface area contributed by atoms with Crippen molar-refractivity contribution in [2.24, 2.45) is 11.8 Å². The van der Waals surface area contributed by atoms with E-state index in [0.29, 0.717) is 11.4 Å². The molecular formula is C23H21N2O4+. The predicted octanol–water partition coefficient (Wildman–Crippen LogP) is 1.38.